The Morgan fingerprint density at radius 2 is 2.22 bits per heavy atom. The smallest absolute Gasteiger partial charge is 0.0253 e. The molecule has 2 rings (SSSR count). The summed E-state index contributed by atoms with van der Waals surface area (Å²) in [7, 11) is 0. The molecule has 0 radical (unpaired) electrons. The van der Waals surface area contributed by atoms with Crippen LogP contribution in [0.2, 0.25) is 0 Å². The van der Waals surface area contributed by atoms with Crippen LogP contribution in [0.1, 0.15) is 25.7 Å². The van der Waals surface area contributed by atoms with E-state index in [2.05, 4.69) is 11.9 Å². The quantitative estimate of drug-likeness (QED) is 0.520. The number of hydrogen-bond donors (Lipinski definition) is 1. The van der Waals surface area contributed by atoms with Crippen LogP contribution >= 0.6 is 0 Å². The zero-order valence-corrected chi connectivity index (χ0v) is 5.69. The van der Waals surface area contributed by atoms with Crippen molar-refractivity contribution in [3.8, 4) is 0 Å². The molecule has 0 aromatic heterocycles. The molecule has 1 aliphatic heterocycles. The van der Waals surface area contributed by atoms with Crippen molar-refractivity contribution in [2.75, 3.05) is 0 Å². The molecule has 2 aliphatic rings. The van der Waals surface area contributed by atoms with Gasteiger partial charge in [0.2, 0.25) is 0 Å². The third-order valence-electron chi connectivity index (χ3n) is 2.56. The van der Waals surface area contributed by atoms with Gasteiger partial charge in [-0.25, -0.2) is 0 Å². The Kier molecular flexibility index (Phi) is 0.974. The van der Waals surface area contributed by atoms with E-state index in [-0.39, 0.29) is 0 Å². The largest absolute Gasteiger partial charge is 0.305 e. The number of nitrogens with one attached hydrogen (secondary N) is 1. The molecule has 9 heavy (non-hydrogen) atoms. The van der Waals surface area contributed by atoms with Crippen LogP contribution < -0.4 is 5.32 Å². The molecule has 1 N–H and O–H groups in total. The fourth-order valence-corrected chi connectivity index (χ4v) is 1.69. The molecule has 1 unspecified atom stereocenters. The van der Waals surface area contributed by atoms with E-state index >= 15 is 0 Å². The highest BCUT2D eigenvalue weighted by atomic mass is 15.1. The first-order chi connectivity index (χ1) is 4.35. The van der Waals surface area contributed by atoms with E-state index in [1.807, 2.05) is 6.08 Å². The molecule has 1 saturated heterocycles. The normalized spacial score (nSPS) is 37.1. The second-order valence-electron chi connectivity index (χ2n) is 3.31. The van der Waals surface area contributed by atoms with Crippen LogP contribution in [0.3, 0.4) is 0 Å². The Balaban J connectivity index is 2.00. The standard InChI is InChI=1S/C8H13N/c1-2-7-3-4-8(9-7)5-6-8/h2,7,9H,1,3-6H2. The number of rotatable bonds is 1. The van der Waals surface area contributed by atoms with Crippen LogP contribution in [-0.2, 0) is 0 Å². The average molecular weight is 123 g/mol. The van der Waals surface area contributed by atoms with Gasteiger partial charge in [0.1, 0.15) is 0 Å². The zero-order valence-electron chi connectivity index (χ0n) is 5.69. The Labute approximate surface area is 56.1 Å². The van der Waals surface area contributed by atoms with Crippen molar-refractivity contribution in [3.05, 3.63) is 12.7 Å². The molecule has 1 nitrogen and oxygen atoms in total. The van der Waals surface area contributed by atoms with Gasteiger partial charge in [-0.3, -0.25) is 0 Å². The van der Waals surface area contributed by atoms with Gasteiger partial charge in [0, 0.05) is 11.6 Å². The lowest BCUT2D eigenvalue weighted by Crippen LogP contribution is -2.28. The lowest BCUT2D eigenvalue weighted by molar-refractivity contribution is 0.574. The predicted octanol–water partition coefficient (Wildman–Crippen LogP) is 1.46. The fraction of sp³-hybridized carbons (Fsp3) is 0.750. The van der Waals surface area contributed by atoms with Crippen LogP contribution in [0.4, 0.5) is 0 Å². The van der Waals surface area contributed by atoms with Gasteiger partial charge in [-0.1, -0.05) is 6.08 Å². The van der Waals surface area contributed by atoms with Crippen molar-refractivity contribution in [2.24, 2.45) is 0 Å². The second kappa shape index (κ2) is 1.60. The zero-order chi connectivity index (χ0) is 6.32. The van der Waals surface area contributed by atoms with Crippen molar-refractivity contribution in [3.63, 3.8) is 0 Å². The topological polar surface area (TPSA) is 12.0 Å². The van der Waals surface area contributed by atoms with E-state index in [0.717, 1.165) is 0 Å². The minimum absolute atomic E-state index is 0.596. The Morgan fingerprint density at radius 1 is 1.44 bits per heavy atom. The summed E-state index contributed by atoms with van der Waals surface area (Å²) < 4.78 is 0. The third-order valence-corrected chi connectivity index (χ3v) is 2.56. The molecule has 0 bridgehead atoms. The summed E-state index contributed by atoms with van der Waals surface area (Å²) >= 11 is 0. The predicted molar refractivity (Wildman–Crippen MR) is 38.3 cm³/mol. The summed E-state index contributed by atoms with van der Waals surface area (Å²) in [5.74, 6) is 0. The minimum Gasteiger partial charge on any atom is -0.305 e. The van der Waals surface area contributed by atoms with Gasteiger partial charge < -0.3 is 5.32 Å². The molecule has 0 aromatic rings. The molecular formula is C8H13N. The van der Waals surface area contributed by atoms with Crippen molar-refractivity contribution in [1.29, 1.82) is 0 Å². The van der Waals surface area contributed by atoms with Crippen LogP contribution in [-0.4, -0.2) is 11.6 Å². The lowest BCUT2D eigenvalue weighted by Gasteiger charge is -2.06. The average Bonchev–Trinajstić information content (AvgIpc) is 2.44. The van der Waals surface area contributed by atoms with Crippen molar-refractivity contribution in [1.82, 2.24) is 5.32 Å². The Morgan fingerprint density at radius 3 is 2.56 bits per heavy atom. The summed E-state index contributed by atoms with van der Waals surface area (Å²) in [4.78, 5) is 0. The second-order valence-corrected chi connectivity index (χ2v) is 3.31. The maximum atomic E-state index is 3.77. The fourth-order valence-electron chi connectivity index (χ4n) is 1.69. The SMILES string of the molecule is C=CC1CCC2(CC2)N1. The van der Waals surface area contributed by atoms with E-state index in [4.69, 9.17) is 0 Å². The molecule has 2 fully saturated rings. The van der Waals surface area contributed by atoms with Gasteiger partial charge >= 0.3 is 0 Å². The number of hydrogen-bond acceptors (Lipinski definition) is 1. The molecule has 0 aromatic carbocycles. The summed E-state index contributed by atoms with van der Waals surface area (Å²) in [6.07, 6.45) is 7.52. The summed E-state index contributed by atoms with van der Waals surface area (Å²) in [5, 5.41) is 3.57. The van der Waals surface area contributed by atoms with Crippen LogP contribution in [0.5, 0.6) is 0 Å². The molecule has 1 spiro atoms. The van der Waals surface area contributed by atoms with E-state index in [0.29, 0.717) is 11.6 Å². The lowest BCUT2D eigenvalue weighted by atomic mass is 10.2. The van der Waals surface area contributed by atoms with E-state index in [9.17, 15) is 0 Å². The molecule has 1 atom stereocenters. The van der Waals surface area contributed by atoms with Crippen LogP contribution in [0.25, 0.3) is 0 Å². The Bertz CT molecular complexity index is 136. The highest BCUT2D eigenvalue weighted by molar-refractivity contribution is 5.11. The highest BCUT2D eigenvalue weighted by Gasteiger charge is 2.46. The Hall–Kier alpha value is -0.300. The van der Waals surface area contributed by atoms with E-state index in [1.54, 1.807) is 0 Å². The maximum absolute atomic E-state index is 3.77. The van der Waals surface area contributed by atoms with Gasteiger partial charge in [0.05, 0.1) is 0 Å². The highest BCUT2D eigenvalue weighted by Crippen LogP contribution is 2.44. The van der Waals surface area contributed by atoms with Gasteiger partial charge in [-0.05, 0) is 25.7 Å². The first kappa shape index (κ1) is 5.48. The first-order valence-corrected chi connectivity index (χ1v) is 3.75. The first-order valence-electron chi connectivity index (χ1n) is 3.75. The van der Waals surface area contributed by atoms with Crippen LogP contribution in [0.15, 0.2) is 12.7 Å². The molecular weight excluding hydrogens is 110 g/mol. The molecule has 1 saturated carbocycles. The molecule has 1 aliphatic carbocycles. The van der Waals surface area contributed by atoms with Crippen molar-refractivity contribution >= 4 is 0 Å². The minimum atomic E-state index is 0.596. The maximum Gasteiger partial charge on any atom is 0.0253 e. The summed E-state index contributed by atoms with van der Waals surface area (Å²) in [5.41, 5.74) is 0.596. The summed E-state index contributed by atoms with van der Waals surface area (Å²) in [6.45, 7) is 3.77. The van der Waals surface area contributed by atoms with Gasteiger partial charge in [0.15, 0.2) is 0 Å². The third kappa shape index (κ3) is 0.799. The van der Waals surface area contributed by atoms with Crippen molar-refractivity contribution in [2.45, 2.75) is 37.3 Å². The summed E-state index contributed by atoms with van der Waals surface area (Å²) in [6, 6.07) is 0.618. The van der Waals surface area contributed by atoms with E-state index in [1.165, 1.54) is 25.7 Å². The monoisotopic (exact) mass is 123 g/mol. The molecule has 1 heterocycles. The molecule has 50 valence electrons. The molecule has 0 amide bonds. The molecule has 1 heteroatoms. The van der Waals surface area contributed by atoms with Gasteiger partial charge in [-0.2, -0.15) is 0 Å². The van der Waals surface area contributed by atoms with Crippen LogP contribution in [0, 0.1) is 0 Å². The van der Waals surface area contributed by atoms with Gasteiger partial charge in [0.25, 0.3) is 0 Å². The van der Waals surface area contributed by atoms with E-state index < -0.39 is 0 Å². The van der Waals surface area contributed by atoms with Gasteiger partial charge in [-0.15, -0.1) is 6.58 Å². The van der Waals surface area contributed by atoms with Crippen molar-refractivity contribution < 1.29 is 0 Å².